The zero-order chi connectivity index (χ0) is 46.9. The van der Waals surface area contributed by atoms with Crippen molar-refractivity contribution >= 4 is 52.5 Å². The van der Waals surface area contributed by atoms with Gasteiger partial charge >= 0.3 is 11.9 Å². The first kappa shape index (κ1) is 45.7. The van der Waals surface area contributed by atoms with Gasteiger partial charge in [-0.25, -0.2) is 14.8 Å². The Balaban J connectivity index is 0.000000198. The highest BCUT2D eigenvalue weighted by Crippen LogP contribution is 2.25. The summed E-state index contributed by atoms with van der Waals surface area (Å²) in [5.41, 5.74) is 25.4. The van der Waals surface area contributed by atoms with Crippen LogP contribution in [0.25, 0.3) is 23.3 Å². The van der Waals surface area contributed by atoms with Crippen LogP contribution in [0.5, 0.6) is 0 Å². The van der Waals surface area contributed by atoms with Gasteiger partial charge in [0.05, 0.1) is 40.3 Å². The number of amides is 1. The predicted molar refractivity (Wildman–Crippen MR) is 251 cm³/mol. The molecule has 2 aliphatic heterocycles. The summed E-state index contributed by atoms with van der Waals surface area (Å²) in [6.07, 6.45) is 6.36. The summed E-state index contributed by atoms with van der Waals surface area (Å²) in [4.78, 5) is 69.8. The Bertz CT molecular complexity index is 3230. The van der Waals surface area contributed by atoms with Gasteiger partial charge in [-0.2, -0.15) is 0 Å². The number of carbonyl (C=O) groups excluding carboxylic acids is 2. The topological polar surface area (TPSA) is 293 Å². The second kappa shape index (κ2) is 20.5. The second-order valence-corrected chi connectivity index (χ2v) is 15.8. The van der Waals surface area contributed by atoms with Crippen LogP contribution in [-0.2, 0) is 44.8 Å². The van der Waals surface area contributed by atoms with E-state index in [0.29, 0.717) is 53.2 Å². The zero-order valence-corrected chi connectivity index (χ0v) is 36.3. The van der Waals surface area contributed by atoms with Crippen LogP contribution in [0.3, 0.4) is 0 Å². The molecule has 17 nitrogen and oxygen atoms in total. The Morgan fingerprint density at radius 3 is 1.53 bits per heavy atom. The average molecular weight is 891 g/mol. The van der Waals surface area contributed by atoms with Crippen molar-refractivity contribution in [1.29, 1.82) is 0 Å². The minimum Gasteiger partial charge on any atom is -0.480 e. The molecular formula is C49H50N10O7. The third kappa shape index (κ3) is 10.9. The number of hydrogen-bond acceptors (Lipinski definition) is 11. The summed E-state index contributed by atoms with van der Waals surface area (Å²) in [6.45, 7) is 1.34. The fourth-order valence-electron chi connectivity index (χ4n) is 7.77. The van der Waals surface area contributed by atoms with Gasteiger partial charge in [0.25, 0.3) is 11.1 Å². The van der Waals surface area contributed by atoms with Gasteiger partial charge in [0, 0.05) is 53.0 Å². The van der Waals surface area contributed by atoms with Crippen molar-refractivity contribution in [1.82, 2.24) is 25.7 Å². The maximum absolute atomic E-state index is 12.7. The molecule has 8 rings (SSSR count). The smallest absolute Gasteiger partial charge is 0.328 e. The Hall–Kier alpha value is -8.31. The number of carboxylic acids is 1. The SMILES string of the molecule is COC(=O)C(CC1=c2ccccc2=NC1=Cc1c(CCc2ccc(N)cc2)[nH][nH]c1=O)NC(C)=O.Nc1ccc(CCc2[nH][nH]c(=O)c2C=C2N=c3ccccc3=C2CC(N)C(=O)O)cc1. The van der Waals surface area contributed by atoms with Crippen molar-refractivity contribution in [2.75, 3.05) is 18.6 Å². The number of nitrogens with two attached hydrogens (primary N) is 3. The van der Waals surface area contributed by atoms with Crippen LogP contribution in [0, 0.1) is 0 Å². The first-order valence-corrected chi connectivity index (χ1v) is 21.2. The molecule has 338 valence electrons. The second-order valence-electron chi connectivity index (χ2n) is 15.8. The highest BCUT2D eigenvalue weighted by molar-refractivity contribution is 5.86. The normalized spacial score (nSPS) is 14.7. The molecule has 6 aromatic rings. The van der Waals surface area contributed by atoms with E-state index in [-0.39, 0.29) is 29.9 Å². The lowest BCUT2D eigenvalue weighted by atomic mass is 9.99. The molecule has 2 aromatic heterocycles. The zero-order valence-electron chi connectivity index (χ0n) is 36.3. The number of carbonyl (C=O) groups is 3. The maximum Gasteiger partial charge on any atom is 0.328 e. The lowest BCUT2D eigenvalue weighted by Crippen LogP contribution is -2.41. The van der Waals surface area contributed by atoms with Gasteiger partial charge in [0.1, 0.15) is 12.1 Å². The van der Waals surface area contributed by atoms with Crippen LogP contribution in [0.15, 0.2) is 128 Å². The lowest BCUT2D eigenvalue weighted by molar-refractivity contribution is -0.144. The molecule has 0 bridgehead atoms. The van der Waals surface area contributed by atoms with Crippen LogP contribution in [-0.4, -0.2) is 62.5 Å². The van der Waals surface area contributed by atoms with Crippen LogP contribution in [0.2, 0.25) is 0 Å². The summed E-state index contributed by atoms with van der Waals surface area (Å²) in [5, 5.41) is 26.3. The van der Waals surface area contributed by atoms with Crippen molar-refractivity contribution in [3.63, 3.8) is 0 Å². The molecule has 0 spiro atoms. The van der Waals surface area contributed by atoms with Crippen molar-refractivity contribution in [2.45, 2.75) is 57.5 Å². The number of nitrogens with zero attached hydrogens (tertiary/aromatic N) is 2. The summed E-state index contributed by atoms with van der Waals surface area (Å²) in [7, 11) is 1.28. The van der Waals surface area contributed by atoms with Crippen LogP contribution < -0.4 is 54.8 Å². The minimum absolute atomic E-state index is 0.116. The van der Waals surface area contributed by atoms with Gasteiger partial charge in [0.15, 0.2) is 0 Å². The third-order valence-corrected chi connectivity index (χ3v) is 11.2. The van der Waals surface area contributed by atoms with Gasteiger partial charge in [-0.15, -0.1) is 0 Å². The van der Waals surface area contributed by atoms with E-state index in [2.05, 4.69) is 30.7 Å². The number of H-pyrrole nitrogens is 4. The number of aliphatic carboxylic acids is 1. The molecule has 2 atom stereocenters. The van der Waals surface area contributed by atoms with E-state index in [0.717, 1.165) is 61.2 Å². The minimum atomic E-state index is -1.08. The Kier molecular flexibility index (Phi) is 14.2. The molecule has 0 saturated heterocycles. The fourth-order valence-corrected chi connectivity index (χ4v) is 7.77. The number of esters is 1. The maximum atomic E-state index is 12.7. The van der Waals surface area contributed by atoms with E-state index in [1.54, 1.807) is 12.2 Å². The number of anilines is 2. The predicted octanol–water partition coefficient (Wildman–Crippen LogP) is 1.66. The summed E-state index contributed by atoms with van der Waals surface area (Å²) < 4.78 is 4.89. The summed E-state index contributed by atoms with van der Waals surface area (Å²) in [5.74, 6) is -1.98. The van der Waals surface area contributed by atoms with Gasteiger partial charge in [-0.05, 0) is 96.5 Å². The number of nitrogens with one attached hydrogen (secondary N) is 5. The highest BCUT2D eigenvalue weighted by atomic mass is 16.5. The van der Waals surface area contributed by atoms with E-state index in [9.17, 15) is 29.1 Å². The molecule has 0 saturated carbocycles. The first-order chi connectivity index (χ1) is 31.8. The van der Waals surface area contributed by atoms with Crippen LogP contribution in [0.1, 0.15) is 53.4 Å². The molecule has 0 radical (unpaired) electrons. The van der Waals surface area contributed by atoms with E-state index >= 15 is 0 Å². The molecular weight excluding hydrogens is 841 g/mol. The number of aromatic nitrogens is 4. The highest BCUT2D eigenvalue weighted by Gasteiger charge is 2.26. The number of fused-ring (bicyclic) bond motifs is 2. The van der Waals surface area contributed by atoms with Crippen molar-refractivity contribution in [3.8, 4) is 0 Å². The van der Waals surface area contributed by atoms with Gasteiger partial charge in [-0.3, -0.25) is 29.4 Å². The molecule has 2 aliphatic rings. The third-order valence-electron chi connectivity index (χ3n) is 11.2. The Labute approximate surface area is 377 Å². The molecule has 66 heavy (non-hydrogen) atoms. The Morgan fingerprint density at radius 1 is 0.667 bits per heavy atom. The van der Waals surface area contributed by atoms with Crippen LogP contribution >= 0.6 is 0 Å². The number of nitrogen functional groups attached to an aromatic ring is 2. The fraction of sp³-hybridized carbons (Fsp3) is 0.204. The van der Waals surface area contributed by atoms with E-state index in [4.69, 9.17) is 26.9 Å². The summed E-state index contributed by atoms with van der Waals surface area (Å²) >= 11 is 0. The number of aromatic amines is 4. The van der Waals surface area contributed by atoms with Crippen molar-refractivity contribution in [2.24, 2.45) is 15.7 Å². The quantitative estimate of drug-likeness (QED) is 0.0531. The monoisotopic (exact) mass is 890 g/mol. The average Bonchev–Trinajstić information content (AvgIpc) is 4.05. The molecule has 0 aliphatic carbocycles. The number of para-hydroxylation sites is 2. The van der Waals surface area contributed by atoms with Gasteiger partial charge in [0.2, 0.25) is 5.91 Å². The number of methoxy groups -OCH3 is 1. The number of aryl methyl sites for hydroxylation is 4. The van der Waals surface area contributed by atoms with E-state index in [1.165, 1.54) is 14.0 Å². The largest absolute Gasteiger partial charge is 0.480 e. The number of benzene rings is 4. The van der Waals surface area contributed by atoms with Gasteiger partial charge < -0.3 is 42.6 Å². The molecule has 4 heterocycles. The first-order valence-electron chi connectivity index (χ1n) is 21.2. The number of allylic oxidation sites excluding steroid dienone is 2. The molecule has 0 fully saturated rings. The number of carboxylic acid groups (broad SMARTS) is 1. The molecule has 4 aromatic carbocycles. The van der Waals surface area contributed by atoms with Gasteiger partial charge in [-0.1, -0.05) is 60.7 Å². The lowest BCUT2D eigenvalue weighted by Gasteiger charge is -2.16. The van der Waals surface area contributed by atoms with Crippen molar-refractivity contribution in [3.05, 3.63) is 184 Å². The number of ether oxygens (including phenoxy) is 1. The van der Waals surface area contributed by atoms with E-state index < -0.39 is 24.0 Å². The Morgan fingerprint density at radius 2 is 1.11 bits per heavy atom. The molecule has 2 unspecified atom stereocenters. The number of rotatable bonds is 15. The standard InChI is InChI=1S/C26H27N5O4.C23H23N5O3/c1-15(32)28-24(26(34)35-2)13-19-18-5-3-4-6-21(18)29-23(19)14-20-22(30-31-25(20)33)12-9-16-7-10-17(27)11-8-16;24-14-8-5-13(6-9-14)7-10-20-17(22(29)28-27-20)12-21-16(11-18(25)23(30)31)15-3-1-2-4-19(15)26-21/h3-8,10-11,14,24H,9,12-13,27H2,1-2H3,(H,28,32)(H2,30,31,33);1-6,8-9,12,18H,7,10-11,24-25H2,(H,30,31)(H2,27,28,29). The number of hydrogen-bond donors (Lipinski definition) is 9. The molecule has 12 N–H and O–H groups in total. The summed E-state index contributed by atoms with van der Waals surface area (Å²) in [6, 6.07) is 28.3. The molecule has 1 amide bonds. The van der Waals surface area contributed by atoms with E-state index in [1.807, 2.05) is 97.1 Å². The molecule has 17 heteroatoms. The van der Waals surface area contributed by atoms with Crippen molar-refractivity contribution < 1.29 is 24.2 Å². The van der Waals surface area contributed by atoms with Crippen LogP contribution in [0.4, 0.5) is 11.4 Å².